The van der Waals surface area contributed by atoms with Gasteiger partial charge in [-0.25, -0.2) is 6.57 Å². The van der Waals surface area contributed by atoms with Crippen LogP contribution in [-0.2, 0) is 6.54 Å². The molecule has 0 saturated carbocycles. The molecule has 0 aromatic heterocycles. The van der Waals surface area contributed by atoms with Crippen molar-refractivity contribution >= 4 is 5.69 Å². The van der Waals surface area contributed by atoms with E-state index in [0.717, 1.165) is 30.6 Å². The molecule has 1 saturated heterocycles. The summed E-state index contributed by atoms with van der Waals surface area (Å²) >= 11 is 0. The van der Waals surface area contributed by atoms with Gasteiger partial charge in [0.05, 0.1) is 11.6 Å². The Hall–Kier alpha value is -2.00. The molecular weight excluding hydrogens is 210 g/mol. The third-order valence-corrected chi connectivity index (χ3v) is 3.09. The monoisotopic (exact) mass is 223 g/mol. The molecule has 3 nitrogen and oxygen atoms in total. The molecule has 1 aliphatic rings. The zero-order chi connectivity index (χ0) is 12.3. The zero-order valence-electron chi connectivity index (χ0n) is 9.56. The molecule has 2 rings (SSSR count). The van der Waals surface area contributed by atoms with Gasteiger partial charge in [-0.05, 0) is 38.0 Å². The lowest BCUT2D eigenvalue weighted by atomic mass is 10.1. The van der Waals surface area contributed by atoms with Crippen molar-refractivity contribution in [2.75, 3.05) is 11.4 Å². The number of rotatable bonds is 2. The lowest BCUT2D eigenvalue weighted by Crippen LogP contribution is -2.26. The van der Waals surface area contributed by atoms with Crippen molar-refractivity contribution in [1.29, 1.82) is 5.26 Å². The average Bonchev–Trinajstić information content (AvgIpc) is 2.76. The van der Waals surface area contributed by atoms with Crippen LogP contribution in [0.2, 0.25) is 0 Å². The molecule has 0 amide bonds. The Balaban J connectivity index is 2.32. The van der Waals surface area contributed by atoms with Crippen LogP contribution in [0.3, 0.4) is 0 Å². The molecule has 17 heavy (non-hydrogen) atoms. The Morgan fingerprint density at radius 3 is 3.00 bits per heavy atom. The van der Waals surface area contributed by atoms with Gasteiger partial charge in [-0.3, -0.25) is 0 Å². The number of hydrogen-bond acceptors (Lipinski definition) is 2. The maximum atomic E-state index is 9.08. The molecule has 1 aliphatic heterocycles. The number of nitriles is 1. The summed E-state index contributed by atoms with van der Waals surface area (Å²) < 4.78 is 0. The molecule has 1 unspecified atom stereocenters. The van der Waals surface area contributed by atoms with Gasteiger partial charge in [0.25, 0.3) is 0 Å². The molecule has 1 atom stereocenters. The van der Waals surface area contributed by atoms with Gasteiger partial charge in [-0.15, -0.1) is 0 Å². The predicted molar refractivity (Wildman–Crippen MR) is 66.1 cm³/mol. The highest BCUT2D eigenvalue weighted by molar-refractivity contribution is 5.56. The number of anilines is 1. The molecule has 0 spiro atoms. The van der Waals surface area contributed by atoms with Crippen molar-refractivity contribution in [3.8, 4) is 6.07 Å². The average molecular weight is 223 g/mol. The van der Waals surface area contributed by atoms with Crippen molar-refractivity contribution in [1.82, 2.24) is 0 Å². The quantitative estimate of drug-likeness (QED) is 0.722. The van der Waals surface area contributed by atoms with Crippen LogP contribution < -0.4 is 4.90 Å². The van der Waals surface area contributed by atoms with E-state index in [9.17, 15) is 0 Å². The summed E-state index contributed by atoms with van der Waals surface area (Å²) in [6.07, 6.45) is 2.08. The first-order valence-electron chi connectivity index (χ1n) is 5.64. The first-order chi connectivity index (χ1) is 8.26. The Kier molecular flexibility index (Phi) is 3.30. The second-order valence-electron chi connectivity index (χ2n) is 4.17. The number of benzene rings is 1. The SMILES string of the molecule is [C-]#[N+]Cc1ccc(N2CCCC2[CH])cc1C#N. The summed E-state index contributed by atoms with van der Waals surface area (Å²) in [7, 11) is 0. The molecule has 1 aromatic carbocycles. The van der Waals surface area contributed by atoms with E-state index in [2.05, 4.69) is 15.8 Å². The third-order valence-electron chi connectivity index (χ3n) is 3.09. The van der Waals surface area contributed by atoms with Crippen LogP contribution in [-0.4, -0.2) is 12.6 Å². The van der Waals surface area contributed by atoms with Crippen molar-refractivity contribution in [2.45, 2.75) is 25.4 Å². The minimum Gasteiger partial charge on any atom is -0.368 e. The van der Waals surface area contributed by atoms with Crippen molar-refractivity contribution < 1.29 is 0 Å². The van der Waals surface area contributed by atoms with E-state index in [4.69, 9.17) is 18.8 Å². The highest BCUT2D eigenvalue weighted by Crippen LogP contribution is 2.27. The molecule has 0 N–H and O–H groups in total. The van der Waals surface area contributed by atoms with Gasteiger partial charge in [0.2, 0.25) is 6.54 Å². The summed E-state index contributed by atoms with van der Waals surface area (Å²) in [5, 5.41) is 9.08. The summed E-state index contributed by atoms with van der Waals surface area (Å²) in [6, 6.07) is 7.85. The molecule has 0 aliphatic carbocycles. The maximum absolute atomic E-state index is 9.08. The predicted octanol–water partition coefficient (Wildman–Crippen LogP) is 2.66. The van der Waals surface area contributed by atoms with Crippen molar-refractivity contribution in [2.24, 2.45) is 0 Å². The molecule has 3 heteroatoms. The first-order valence-corrected chi connectivity index (χ1v) is 5.64. The van der Waals surface area contributed by atoms with Gasteiger partial charge >= 0.3 is 0 Å². The summed E-state index contributed by atoms with van der Waals surface area (Å²) in [5.41, 5.74) is 2.36. The summed E-state index contributed by atoms with van der Waals surface area (Å²) in [4.78, 5) is 5.43. The minimum absolute atomic E-state index is 0.0493. The lowest BCUT2D eigenvalue weighted by molar-refractivity contribution is 0.801. The molecule has 1 aromatic rings. The summed E-state index contributed by atoms with van der Waals surface area (Å²) in [5.74, 6) is 0. The van der Waals surface area contributed by atoms with Crippen molar-refractivity contribution in [3.05, 3.63) is 47.7 Å². The highest BCUT2D eigenvalue weighted by Gasteiger charge is 2.21. The molecule has 1 fully saturated rings. The second kappa shape index (κ2) is 4.89. The van der Waals surface area contributed by atoms with Gasteiger partial charge in [0, 0.05) is 23.8 Å². The van der Waals surface area contributed by atoms with Crippen molar-refractivity contribution in [3.63, 3.8) is 0 Å². The van der Waals surface area contributed by atoms with E-state index in [-0.39, 0.29) is 12.6 Å². The van der Waals surface area contributed by atoms with Gasteiger partial charge in [0.15, 0.2) is 0 Å². The molecule has 84 valence electrons. The van der Waals surface area contributed by atoms with E-state index in [0.29, 0.717) is 5.56 Å². The minimum atomic E-state index is 0.0493. The molecule has 2 radical (unpaired) electrons. The molecule has 0 bridgehead atoms. The number of hydrogen-bond donors (Lipinski definition) is 0. The Bertz CT molecular complexity index is 493. The van der Waals surface area contributed by atoms with Crippen LogP contribution in [0.4, 0.5) is 5.69 Å². The topological polar surface area (TPSA) is 31.4 Å². The lowest BCUT2D eigenvalue weighted by Gasteiger charge is -2.23. The van der Waals surface area contributed by atoms with E-state index >= 15 is 0 Å². The highest BCUT2D eigenvalue weighted by atomic mass is 15.2. The zero-order valence-corrected chi connectivity index (χ0v) is 9.56. The Labute approximate surface area is 102 Å². The van der Waals surface area contributed by atoms with Gasteiger partial charge in [-0.1, -0.05) is 0 Å². The van der Waals surface area contributed by atoms with Crippen LogP contribution in [0.5, 0.6) is 0 Å². The first kappa shape index (κ1) is 11.5. The fourth-order valence-electron chi connectivity index (χ4n) is 2.18. The third kappa shape index (κ3) is 2.24. The van der Waals surface area contributed by atoms with Crippen LogP contribution in [0.1, 0.15) is 24.0 Å². The van der Waals surface area contributed by atoms with Crippen LogP contribution in [0, 0.1) is 24.8 Å². The fraction of sp³-hybridized carbons (Fsp3) is 0.357. The van der Waals surface area contributed by atoms with E-state index in [1.54, 1.807) is 0 Å². The molecular formula is C14H13N3. The number of nitrogens with zero attached hydrogens (tertiary/aromatic N) is 3. The van der Waals surface area contributed by atoms with Gasteiger partial charge in [-0.2, -0.15) is 5.26 Å². The largest absolute Gasteiger partial charge is 0.368 e. The fourth-order valence-corrected chi connectivity index (χ4v) is 2.18. The standard InChI is InChI=1S/C14H13N3/c1-11-4-3-7-17(11)14-6-5-12(10-16-2)13(8-14)9-15/h1,5-6,8,11H,3-4,7,10H2. The van der Waals surface area contributed by atoms with Crippen LogP contribution in [0.25, 0.3) is 4.85 Å². The van der Waals surface area contributed by atoms with E-state index in [1.165, 1.54) is 0 Å². The van der Waals surface area contributed by atoms with Crippen LogP contribution in [0.15, 0.2) is 18.2 Å². The van der Waals surface area contributed by atoms with E-state index < -0.39 is 0 Å². The summed E-state index contributed by atoms with van der Waals surface area (Å²) in [6.45, 7) is 14.0. The van der Waals surface area contributed by atoms with Gasteiger partial charge < -0.3 is 9.74 Å². The smallest absolute Gasteiger partial charge is 0.241 e. The Morgan fingerprint density at radius 2 is 2.41 bits per heavy atom. The molecule has 1 heterocycles. The van der Waals surface area contributed by atoms with Gasteiger partial charge in [0.1, 0.15) is 0 Å². The Morgan fingerprint density at radius 1 is 1.59 bits per heavy atom. The maximum Gasteiger partial charge on any atom is 0.241 e. The normalized spacial score (nSPS) is 18.8. The van der Waals surface area contributed by atoms with Crippen LogP contribution >= 0.6 is 0 Å². The second-order valence-corrected chi connectivity index (χ2v) is 4.17. The van der Waals surface area contributed by atoms with E-state index in [1.807, 2.05) is 18.2 Å².